The highest BCUT2D eigenvalue weighted by atomic mass is 32.2. The maximum absolute atomic E-state index is 12.8. The third-order valence-corrected chi connectivity index (χ3v) is 6.11. The highest BCUT2D eigenvalue weighted by Crippen LogP contribution is 2.32. The predicted molar refractivity (Wildman–Crippen MR) is 120 cm³/mol. The number of esters is 1. The number of Topliss-reactive ketones (excluding diaryl/α,β-unsaturated/α-hetero) is 2. The number of hydrogen-bond acceptors (Lipinski definition) is 8. The summed E-state index contributed by atoms with van der Waals surface area (Å²) in [5.41, 5.74) is 3.81. The number of benzene rings is 1. The first-order valence-electron chi connectivity index (χ1n) is 9.96. The number of carbonyl (C=O) groups excluding carboxylic acids is 3. The number of ether oxygens (including phenoxy) is 1. The van der Waals surface area contributed by atoms with Crippen LogP contribution in [0.4, 0.5) is 0 Å². The summed E-state index contributed by atoms with van der Waals surface area (Å²) in [6.07, 6.45) is 0.420. The number of aromatic amines is 1. The van der Waals surface area contributed by atoms with Gasteiger partial charge >= 0.3 is 5.97 Å². The summed E-state index contributed by atoms with van der Waals surface area (Å²) < 4.78 is 11.2. The summed E-state index contributed by atoms with van der Waals surface area (Å²) in [5.74, 6) is -1.13. The highest BCUT2D eigenvalue weighted by molar-refractivity contribution is 8.00. The normalized spacial score (nSPS) is 12.2. The molecule has 0 saturated heterocycles. The van der Waals surface area contributed by atoms with Crippen LogP contribution < -0.4 is 0 Å². The van der Waals surface area contributed by atoms with E-state index in [1.165, 1.54) is 20.2 Å². The lowest BCUT2D eigenvalue weighted by Crippen LogP contribution is -2.26. The van der Waals surface area contributed by atoms with E-state index in [0.29, 0.717) is 38.5 Å². The number of para-hydroxylation sites is 1. The predicted octanol–water partition coefficient (Wildman–Crippen LogP) is 4.43. The van der Waals surface area contributed by atoms with Gasteiger partial charge in [0.1, 0.15) is 22.5 Å². The molecule has 0 amide bonds. The molecule has 0 radical (unpaired) electrons. The van der Waals surface area contributed by atoms with Crippen LogP contribution in [0.25, 0.3) is 22.1 Å². The first kappa shape index (κ1) is 21.8. The van der Waals surface area contributed by atoms with Crippen molar-refractivity contribution in [2.75, 3.05) is 5.75 Å². The maximum Gasteiger partial charge on any atom is 0.317 e. The molecule has 1 unspecified atom stereocenters. The van der Waals surface area contributed by atoms with Crippen LogP contribution in [-0.2, 0) is 9.53 Å². The molecule has 1 atom stereocenters. The van der Waals surface area contributed by atoms with Crippen LogP contribution in [0.5, 0.6) is 0 Å². The molecular formula is C23H21N3O5S. The Morgan fingerprint density at radius 2 is 1.94 bits per heavy atom. The van der Waals surface area contributed by atoms with E-state index in [1.54, 1.807) is 13.8 Å². The topological polar surface area (TPSA) is 115 Å². The second kappa shape index (κ2) is 8.58. The van der Waals surface area contributed by atoms with Crippen molar-refractivity contribution in [1.82, 2.24) is 15.0 Å². The maximum atomic E-state index is 12.8. The Balaban J connectivity index is 1.45. The number of nitrogens with one attached hydrogen (secondary N) is 1. The highest BCUT2D eigenvalue weighted by Gasteiger charge is 2.26. The molecule has 9 heteroatoms. The first-order valence-corrected chi connectivity index (χ1v) is 10.9. The van der Waals surface area contributed by atoms with Gasteiger partial charge in [-0.05, 0) is 45.4 Å². The molecule has 4 rings (SSSR count). The molecule has 0 aliphatic carbocycles. The van der Waals surface area contributed by atoms with Crippen molar-refractivity contribution in [3.63, 3.8) is 0 Å². The third-order valence-electron chi connectivity index (χ3n) is 5.17. The van der Waals surface area contributed by atoms with Crippen LogP contribution >= 0.6 is 11.8 Å². The van der Waals surface area contributed by atoms with E-state index in [-0.39, 0.29) is 17.2 Å². The van der Waals surface area contributed by atoms with E-state index in [9.17, 15) is 14.4 Å². The second-order valence-electron chi connectivity index (χ2n) is 7.42. The monoisotopic (exact) mass is 451 g/mol. The van der Waals surface area contributed by atoms with Crippen molar-refractivity contribution >= 4 is 51.4 Å². The quantitative estimate of drug-likeness (QED) is 0.190. The molecule has 0 bridgehead atoms. The Bertz CT molecular complexity index is 1370. The zero-order valence-electron chi connectivity index (χ0n) is 18.0. The summed E-state index contributed by atoms with van der Waals surface area (Å²) in [6.45, 7) is 6.39. The number of nitrogens with zero attached hydrogens (tertiary/aromatic N) is 2. The molecule has 4 aromatic rings. The van der Waals surface area contributed by atoms with E-state index in [0.717, 1.165) is 17.1 Å². The zero-order chi connectivity index (χ0) is 23.0. The average Bonchev–Trinajstić information content (AvgIpc) is 3.28. The zero-order valence-corrected chi connectivity index (χ0v) is 18.8. The van der Waals surface area contributed by atoms with Gasteiger partial charge in [0.2, 0.25) is 5.78 Å². The van der Waals surface area contributed by atoms with Gasteiger partial charge in [-0.25, -0.2) is 9.97 Å². The number of carbonyl (C=O) groups is 3. The lowest BCUT2D eigenvalue weighted by Gasteiger charge is -2.12. The molecule has 32 heavy (non-hydrogen) atoms. The summed E-state index contributed by atoms with van der Waals surface area (Å²) in [5, 5.41) is 1.39. The number of aromatic nitrogens is 3. The van der Waals surface area contributed by atoms with Gasteiger partial charge in [0.05, 0.1) is 11.4 Å². The molecular weight excluding hydrogens is 430 g/mol. The summed E-state index contributed by atoms with van der Waals surface area (Å²) in [7, 11) is 0. The fourth-order valence-corrected chi connectivity index (χ4v) is 4.46. The third kappa shape index (κ3) is 3.91. The molecule has 3 heterocycles. The largest absolute Gasteiger partial charge is 0.454 e. The average molecular weight is 452 g/mol. The Labute approximate surface area is 187 Å². The Kier molecular flexibility index (Phi) is 5.84. The Hall–Kier alpha value is -3.46. The molecule has 1 aromatic carbocycles. The van der Waals surface area contributed by atoms with E-state index < -0.39 is 17.9 Å². The van der Waals surface area contributed by atoms with Gasteiger partial charge in [0, 0.05) is 16.6 Å². The minimum Gasteiger partial charge on any atom is -0.454 e. The lowest BCUT2D eigenvalue weighted by atomic mass is 10.0. The van der Waals surface area contributed by atoms with E-state index in [4.69, 9.17) is 9.15 Å². The molecule has 1 N–H and O–H groups in total. The van der Waals surface area contributed by atoms with Crippen molar-refractivity contribution in [2.24, 2.45) is 0 Å². The molecule has 0 fully saturated rings. The molecule has 8 nitrogen and oxygen atoms in total. The smallest absolute Gasteiger partial charge is 0.317 e. The van der Waals surface area contributed by atoms with Crippen molar-refractivity contribution < 1.29 is 23.5 Å². The fourth-order valence-electron chi connectivity index (χ4n) is 3.75. The number of fused-ring (bicyclic) bond motifs is 3. The van der Waals surface area contributed by atoms with E-state index in [1.807, 2.05) is 24.3 Å². The Morgan fingerprint density at radius 3 is 2.66 bits per heavy atom. The number of rotatable bonds is 7. The van der Waals surface area contributed by atoms with Gasteiger partial charge in [-0.2, -0.15) is 0 Å². The number of ketones is 2. The van der Waals surface area contributed by atoms with Crippen LogP contribution in [0.3, 0.4) is 0 Å². The molecule has 164 valence electrons. The van der Waals surface area contributed by atoms with Gasteiger partial charge < -0.3 is 14.1 Å². The summed E-state index contributed by atoms with van der Waals surface area (Å²) in [4.78, 5) is 48.4. The van der Waals surface area contributed by atoms with E-state index in [2.05, 4.69) is 15.0 Å². The Morgan fingerprint density at radius 1 is 1.19 bits per heavy atom. The van der Waals surface area contributed by atoms with Gasteiger partial charge in [-0.15, -0.1) is 0 Å². The van der Waals surface area contributed by atoms with Gasteiger partial charge in [-0.1, -0.05) is 23.9 Å². The molecule has 0 saturated carbocycles. The van der Waals surface area contributed by atoms with Gasteiger partial charge in [-0.3, -0.25) is 14.4 Å². The van der Waals surface area contributed by atoms with E-state index >= 15 is 0 Å². The fraction of sp³-hybridized carbons (Fsp3) is 0.261. The standard InChI is InChI=1S/C23H21N3O5S/c1-11-18(13(3)27)12(2)26-19(11)21(29)14(4)30-17(28)9-32-23-22-20(24-10-25-23)15-7-5-6-8-16(15)31-22/h5-8,10,14,26H,9H2,1-4H3. The van der Waals surface area contributed by atoms with Gasteiger partial charge in [0.25, 0.3) is 0 Å². The minimum atomic E-state index is -1.00. The van der Waals surface area contributed by atoms with Crippen LogP contribution in [0, 0.1) is 13.8 Å². The first-order chi connectivity index (χ1) is 15.3. The summed E-state index contributed by atoms with van der Waals surface area (Å²) in [6, 6.07) is 7.52. The molecule has 0 spiro atoms. The van der Waals surface area contributed by atoms with Crippen molar-refractivity contribution in [3.8, 4) is 0 Å². The molecule has 0 aliphatic rings. The number of aryl methyl sites for hydroxylation is 1. The minimum absolute atomic E-state index is 0.0534. The SMILES string of the molecule is CC(=O)c1c(C)[nH]c(C(=O)C(C)OC(=O)CSc2ncnc3c2oc2ccccc23)c1C. The van der Waals surface area contributed by atoms with Crippen LogP contribution in [0.2, 0.25) is 0 Å². The number of furan rings is 1. The number of thioether (sulfide) groups is 1. The molecule has 3 aromatic heterocycles. The lowest BCUT2D eigenvalue weighted by molar-refractivity contribution is -0.143. The van der Waals surface area contributed by atoms with Crippen molar-refractivity contribution in [2.45, 2.75) is 38.8 Å². The van der Waals surface area contributed by atoms with Crippen molar-refractivity contribution in [3.05, 3.63) is 53.1 Å². The van der Waals surface area contributed by atoms with Gasteiger partial charge in [0.15, 0.2) is 17.5 Å². The van der Waals surface area contributed by atoms with Crippen LogP contribution in [-0.4, -0.2) is 44.3 Å². The van der Waals surface area contributed by atoms with Crippen molar-refractivity contribution in [1.29, 1.82) is 0 Å². The number of H-pyrrole nitrogens is 1. The second-order valence-corrected chi connectivity index (χ2v) is 8.39. The van der Waals surface area contributed by atoms with Crippen LogP contribution in [0.1, 0.15) is 46.0 Å². The summed E-state index contributed by atoms with van der Waals surface area (Å²) >= 11 is 1.15. The number of hydrogen-bond donors (Lipinski definition) is 1. The molecule has 0 aliphatic heterocycles. The van der Waals surface area contributed by atoms with Crippen LogP contribution in [0.15, 0.2) is 40.0 Å².